The van der Waals surface area contributed by atoms with Crippen molar-refractivity contribution in [2.75, 3.05) is 18.5 Å². The summed E-state index contributed by atoms with van der Waals surface area (Å²) in [5.41, 5.74) is 0.767. The Labute approximate surface area is 182 Å². The van der Waals surface area contributed by atoms with Gasteiger partial charge in [0.25, 0.3) is 11.8 Å². The standard InChI is InChI=1S/C23H31N3O5/c1-4-15(2)17-10-5-6-11-18(17)24-19(27)14-31-20(28)13-26-21(29)23(25-22(26)30)12-8-7-9-16(23)3/h5-6,10-11,15-16H,4,7-9,12-14H2,1-3H3,(H,24,27)(H,25,30)/t15-,16+,23-/m1/s1. The molecule has 168 valence electrons. The van der Waals surface area contributed by atoms with Gasteiger partial charge in [0.1, 0.15) is 12.1 Å². The zero-order valence-corrected chi connectivity index (χ0v) is 18.4. The van der Waals surface area contributed by atoms with Gasteiger partial charge in [0.15, 0.2) is 6.61 Å². The maximum absolute atomic E-state index is 12.9. The molecule has 8 heteroatoms. The largest absolute Gasteiger partial charge is 0.454 e. The predicted molar refractivity (Wildman–Crippen MR) is 115 cm³/mol. The van der Waals surface area contributed by atoms with Crippen LogP contribution in [0.25, 0.3) is 0 Å². The number of imide groups is 1. The Bertz CT molecular complexity index is 871. The highest BCUT2D eigenvalue weighted by Gasteiger charge is 2.55. The van der Waals surface area contributed by atoms with E-state index in [2.05, 4.69) is 24.5 Å². The topological polar surface area (TPSA) is 105 Å². The molecule has 0 aromatic heterocycles. The minimum atomic E-state index is -0.924. The third-order valence-corrected chi connectivity index (χ3v) is 6.53. The molecule has 1 aliphatic carbocycles. The van der Waals surface area contributed by atoms with Crippen molar-refractivity contribution in [1.82, 2.24) is 10.2 Å². The fourth-order valence-corrected chi connectivity index (χ4v) is 4.41. The zero-order chi connectivity index (χ0) is 22.6. The van der Waals surface area contributed by atoms with Gasteiger partial charge in [-0.3, -0.25) is 19.3 Å². The van der Waals surface area contributed by atoms with Gasteiger partial charge in [-0.25, -0.2) is 4.79 Å². The molecule has 8 nitrogen and oxygen atoms in total. The lowest BCUT2D eigenvalue weighted by molar-refractivity contribution is -0.150. The minimum absolute atomic E-state index is 0.00933. The highest BCUT2D eigenvalue weighted by Crippen LogP contribution is 2.38. The molecule has 1 saturated heterocycles. The van der Waals surface area contributed by atoms with Crippen LogP contribution in [-0.4, -0.2) is 47.4 Å². The number of para-hydroxylation sites is 1. The fraction of sp³-hybridized carbons (Fsp3) is 0.565. The number of carbonyl (C=O) groups excluding carboxylic acids is 4. The molecular formula is C23H31N3O5. The van der Waals surface area contributed by atoms with Crippen LogP contribution in [0.15, 0.2) is 24.3 Å². The number of rotatable bonds is 7. The van der Waals surface area contributed by atoms with Gasteiger partial charge in [0.05, 0.1) is 0 Å². The van der Waals surface area contributed by atoms with Crippen LogP contribution in [0.3, 0.4) is 0 Å². The summed E-state index contributed by atoms with van der Waals surface area (Å²) in [5.74, 6) is -1.37. The Hall–Kier alpha value is -2.90. The van der Waals surface area contributed by atoms with Crippen LogP contribution in [0.1, 0.15) is 64.4 Å². The number of hydrogen-bond acceptors (Lipinski definition) is 5. The molecule has 0 radical (unpaired) electrons. The van der Waals surface area contributed by atoms with Crippen molar-refractivity contribution in [3.05, 3.63) is 29.8 Å². The molecule has 1 aromatic carbocycles. The average molecular weight is 430 g/mol. The van der Waals surface area contributed by atoms with Crippen molar-refractivity contribution in [2.24, 2.45) is 5.92 Å². The van der Waals surface area contributed by atoms with Crippen LogP contribution < -0.4 is 10.6 Å². The second kappa shape index (κ2) is 9.49. The third-order valence-electron chi connectivity index (χ3n) is 6.53. The molecule has 31 heavy (non-hydrogen) atoms. The van der Waals surface area contributed by atoms with E-state index in [1.54, 1.807) is 6.07 Å². The van der Waals surface area contributed by atoms with E-state index in [1.165, 1.54) is 0 Å². The van der Waals surface area contributed by atoms with Gasteiger partial charge in [0, 0.05) is 5.69 Å². The van der Waals surface area contributed by atoms with Crippen LogP contribution in [0.2, 0.25) is 0 Å². The van der Waals surface area contributed by atoms with Gasteiger partial charge in [-0.2, -0.15) is 0 Å². The van der Waals surface area contributed by atoms with Gasteiger partial charge < -0.3 is 15.4 Å². The Kier molecular flexibility index (Phi) is 6.97. The SMILES string of the molecule is CC[C@@H](C)c1ccccc1NC(=O)COC(=O)CN1C(=O)N[C@@]2(CCCC[C@@H]2C)C1=O. The highest BCUT2D eigenvalue weighted by atomic mass is 16.5. The second-order valence-electron chi connectivity index (χ2n) is 8.55. The smallest absolute Gasteiger partial charge is 0.326 e. The molecule has 1 spiro atoms. The molecule has 2 aliphatic rings. The van der Waals surface area contributed by atoms with Gasteiger partial charge in [0.2, 0.25) is 0 Å². The number of hydrogen-bond donors (Lipinski definition) is 2. The fourth-order valence-electron chi connectivity index (χ4n) is 4.41. The third kappa shape index (κ3) is 4.73. The lowest BCUT2D eigenvalue weighted by atomic mass is 9.73. The van der Waals surface area contributed by atoms with E-state index >= 15 is 0 Å². The van der Waals surface area contributed by atoms with E-state index in [1.807, 2.05) is 25.1 Å². The van der Waals surface area contributed by atoms with E-state index in [4.69, 9.17) is 4.74 Å². The summed E-state index contributed by atoms with van der Waals surface area (Å²) in [7, 11) is 0. The van der Waals surface area contributed by atoms with E-state index in [-0.39, 0.29) is 17.7 Å². The molecule has 1 aromatic rings. The summed E-state index contributed by atoms with van der Waals surface area (Å²) < 4.78 is 5.04. The number of amides is 4. The molecule has 2 N–H and O–H groups in total. The van der Waals surface area contributed by atoms with Crippen LogP contribution in [0.4, 0.5) is 10.5 Å². The maximum atomic E-state index is 12.9. The quantitative estimate of drug-likeness (QED) is 0.512. The Balaban J connectivity index is 1.54. The number of nitrogens with zero attached hydrogens (tertiary/aromatic N) is 1. The molecule has 3 rings (SSSR count). The molecule has 1 heterocycles. The molecule has 0 bridgehead atoms. The number of anilines is 1. The number of ether oxygens (including phenoxy) is 1. The summed E-state index contributed by atoms with van der Waals surface area (Å²) in [6.07, 6.45) is 4.22. The van der Waals surface area contributed by atoms with Crippen molar-refractivity contribution in [3.8, 4) is 0 Å². The summed E-state index contributed by atoms with van der Waals surface area (Å²) >= 11 is 0. The Morgan fingerprint density at radius 2 is 2.03 bits per heavy atom. The van der Waals surface area contributed by atoms with Gasteiger partial charge >= 0.3 is 12.0 Å². The Morgan fingerprint density at radius 3 is 2.74 bits per heavy atom. The van der Waals surface area contributed by atoms with Crippen molar-refractivity contribution in [1.29, 1.82) is 0 Å². The molecule has 2 fully saturated rings. The second-order valence-corrected chi connectivity index (χ2v) is 8.55. The average Bonchev–Trinajstić information content (AvgIpc) is 2.99. The summed E-state index contributed by atoms with van der Waals surface area (Å²) in [6, 6.07) is 6.92. The molecule has 3 atom stereocenters. The van der Waals surface area contributed by atoms with Gasteiger partial charge in [-0.1, -0.05) is 51.8 Å². The number of esters is 1. The molecule has 0 unspecified atom stereocenters. The van der Waals surface area contributed by atoms with E-state index in [9.17, 15) is 19.2 Å². The van der Waals surface area contributed by atoms with Crippen molar-refractivity contribution in [3.63, 3.8) is 0 Å². The number of nitrogens with one attached hydrogen (secondary N) is 2. The van der Waals surface area contributed by atoms with E-state index in [0.717, 1.165) is 36.1 Å². The van der Waals surface area contributed by atoms with Gasteiger partial charge in [-0.05, 0) is 42.7 Å². The normalized spacial score (nSPS) is 24.1. The number of carbonyl (C=O) groups is 4. The summed E-state index contributed by atoms with van der Waals surface area (Å²) in [4.78, 5) is 50.7. The predicted octanol–water partition coefficient (Wildman–Crippen LogP) is 3.18. The van der Waals surface area contributed by atoms with Crippen molar-refractivity contribution < 1.29 is 23.9 Å². The van der Waals surface area contributed by atoms with E-state index in [0.29, 0.717) is 12.1 Å². The first-order valence-corrected chi connectivity index (χ1v) is 11.0. The molecule has 1 aliphatic heterocycles. The van der Waals surface area contributed by atoms with Crippen LogP contribution in [0, 0.1) is 5.92 Å². The first kappa shape index (κ1) is 22.8. The zero-order valence-electron chi connectivity index (χ0n) is 18.4. The maximum Gasteiger partial charge on any atom is 0.326 e. The van der Waals surface area contributed by atoms with E-state index < -0.39 is 36.6 Å². The molecular weight excluding hydrogens is 398 g/mol. The number of benzene rings is 1. The van der Waals surface area contributed by atoms with Gasteiger partial charge in [-0.15, -0.1) is 0 Å². The Morgan fingerprint density at radius 1 is 1.29 bits per heavy atom. The van der Waals surface area contributed by atoms with Crippen LogP contribution in [-0.2, 0) is 19.1 Å². The first-order valence-electron chi connectivity index (χ1n) is 11.0. The van der Waals surface area contributed by atoms with Crippen molar-refractivity contribution in [2.45, 2.75) is 64.3 Å². The summed E-state index contributed by atoms with van der Waals surface area (Å²) in [5, 5.41) is 5.56. The molecule has 1 saturated carbocycles. The lowest BCUT2D eigenvalue weighted by Gasteiger charge is -2.36. The number of urea groups is 1. The summed E-state index contributed by atoms with van der Waals surface area (Å²) in [6.45, 7) is 5.09. The monoisotopic (exact) mass is 429 g/mol. The van der Waals surface area contributed by atoms with Crippen LogP contribution >= 0.6 is 0 Å². The first-order chi connectivity index (χ1) is 14.8. The van der Waals surface area contributed by atoms with Crippen LogP contribution in [0.5, 0.6) is 0 Å². The lowest BCUT2D eigenvalue weighted by Crippen LogP contribution is -2.54. The van der Waals surface area contributed by atoms with Crippen molar-refractivity contribution >= 4 is 29.5 Å². The molecule has 4 amide bonds. The minimum Gasteiger partial charge on any atom is -0.454 e. The highest BCUT2D eigenvalue weighted by molar-refractivity contribution is 6.09.